The molecule has 3 heteroatoms. The normalized spacial score (nSPS) is 24.7. The van der Waals surface area contributed by atoms with E-state index in [9.17, 15) is 4.39 Å². The van der Waals surface area contributed by atoms with Gasteiger partial charge in [0.15, 0.2) is 0 Å². The smallest absolute Gasteiger partial charge is 0.126 e. The lowest BCUT2D eigenvalue weighted by Gasteiger charge is -2.37. The van der Waals surface area contributed by atoms with Crippen LogP contribution in [-0.4, -0.2) is 19.1 Å². The van der Waals surface area contributed by atoms with Crippen molar-refractivity contribution >= 4 is 5.69 Å². The number of benzene rings is 1. The van der Waals surface area contributed by atoms with Gasteiger partial charge in [0.1, 0.15) is 5.82 Å². The summed E-state index contributed by atoms with van der Waals surface area (Å²) in [5.74, 6) is -0.143. The average Bonchev–Trinajstić information content (AvgIpc) is 2.32. The molecule has 0 radical (unpaired) electrons. The van der Waals surface area contributed by atoms with Gasteiger partial charge in [0.05, 0.1) is 0 Å². The molecule has 1 aliphatic carbocycles. The molecule has 1 aliphatic rings. The number of rotatable bonds is 2. The van der Waals surface area contributed by atoms with Gasteiger partial charge < -0.3 is 10.6 Å². The SMILES string of the molecule is Cc1cc(N(C)C2CCCCC2N)ccc1F. The molecule has 1 aromatic rings. The van der Waals surface area contributed by atoms with E-state index >= 15 is 0 Å². The first-order valence-electron chi connectivity index (χ1n) is 6.34. The van der Waals surface area contributed by atoms with E-state index in [1.807, 2.05) is 12.1 Å². The Morgan fingerprint density at radius 3 is 2.65 bits per heavy atom. The molecule has 17 heavy (non-hydrogen) atoms. The third-order valence-electron chi connectivity index (χ3n) is 3.83. The van der Waals surface area contributed by atoms with E-state index in [1.165, 1.54) is 18.9 Å². The van der Waals surface area contributed by atoms with Crippen LogP contribution in [0.25, 0.3) is 0 Å². The summed E-state index contributed by atoms with van der Waals surface area (Å²) in [4.78, 5) is 2.20. The van der Waals surface area contributed by atoms with Crippen molar-refractivity contribution in [2.24, 2.45) is 5.73 Å². The largest absolute Gasteiger partial charge is 0.370 e. The Morgan fingerprint density at radius 1 is 1.29 bits per heavy atom. The highest BCUT2D eigenvalue weighted by Gasteiger charge is 2.25. The number of anilines is 1. The van der Waals surface area contributed by atoms with E-state index in [1.54, 1.807) is 6.92 Å². The summed E-state index contributed by atoms with van der Waals surface area (Å²) in [7, 11) is 2.06. The fourth-order valence-corrected chi connectivity index (χ4v) is 2.66. The van der Waals surface area contributed by atoms with Gasteiger partial charge in [-0.1, -0.05) is 12.8 Å². The second kappa shape index (κ2) is 5.05. The first-order chi connectivity index (χ1) is 8.09. The van der Waals surface area contributed by atoms with E-state index in [0.717, 1.165) is 18.5 Å². The number of aryl methyl sites for hydroxylation is 1. The number of nitrogens with zero attached hydrogens (tertiary/aromatic N) is 1. The molecule has 0 amide bonds. The molecule has 0 bridgehead atoms. The Labute approximate surface area is 103 Å². The summed E-state index contributed by atoms with van der Waals surface area (Å²) >= 11 is 0. The van der Waals surface area contributed by atoms with E-state index in [-0.39, 0.29) is 11.9 Å². The van der Waals surface area contributed by atoms with Crippen LogP contribution in [0.1, 0.15) is 31.2 Å². The van der Waals surface area contributed by atoms with Crippen LogP contribution in [0, 0.1) is 12.7 Å². The van der Waals surface area contributed by atoms with Crippen molar-refractivity contribution in [3.05, 3.63) is 29.6 Å². The molecule has 0 aliphatic heterocycles. The zero-order valence-corrected chi connectivity index (χ0v) is 10.6. The molecule has 0 heterocycles. The van der Waals surface area contributed by atoms with Crippen molar-refractivity contribution in [1.82, 2.24) is 0 Å². The Balaban J connectivity index is 2.17. The van der Waals surface area contributed by atoms with E-state index in [0.29, 0.717) is 11.6 Å². The van der Waals surface area contributed by atoms with Gasteiger partial charge in [-0.15, -0.1) is 0 Å². The maximum atomic E-state index is 13.2. The van der Waals surface area contributed by atoms with Crippen molar-refractivity contribution in [1.29, 1.82) is 0 Å². The van der Waals surface area contributed by atoms with Gasteiger partial charge >= 0.3 is 0 Å². The minimum atomic E-state index is -0.143. The molecular formula is C14H21FN2. The molecule has 0 spiro atoms. The standard InChI is InChI=1S/C14H21FN2/c1-10-9-11(7-8-12(10)15)17(2)14-6-4-3-5-13(14)16/h7-9,13-14H,3-6,16H2,1-2H3. The summed E-state index contributed by atoms with van der Waals surface area (Å²) in [5, 5.41) is 0. The number of halogens is 1. The highest BCUT2D eigenvalue weighted by atomic mass is 19.1. The summed E-state index contributed by atoms with van der Waals surface area (Å²) in [6.45, 7) is 1.80. The molecule has 2 rings (SSSR count). The zero-order valence-electron chi connectivity index (χ0n) is 10.6. The van der Waals surface area contributed by atoms with Gasteiger partial charge in [-0.25, -0.2) is 4.39 Å². The third-order valence-corrected chi connectivity index (χ3v) is 3.83. The summed E-state index contributed by atoms with van der Waals surface area (Å²) in [5.41, 5.74) is 7.92. The van der Waals surface area contributed by atoms with Crippen LogP contribution in [0.3, 0.4) is 0 Å². The van der Waals surface area contributed by atoms with Crippen molar-refractivity contribution in [2.75, 3.05) is 11.9 Å². The van der Waals surface area contributed by atoms with E-state index in [4.69, 9.17) is 5.73 Å². The highest BCUT2D eigenvalue weighted by molar-refractivity contribution is 5.49. The quantitative estimate of drug-likeness (QED) is 0.855. The maximum absolute atomic E-state index is 13.2. The topological polar surface area (TPSA) is 29.3 Å². The predicted octanol–water partition coefficient (Wildman–Crippen LogP) is 2.84. The first-order valence-corrected chi connectivity index (χ1v) is 6.34. The van der Waals surface area contributed by atoms with Gasteiger partial charge in [0.25, 0.3) is 0 Å². The van der Waals surface area contributed by atoms with Crippen LogP contribution < -0.4 is 10.6 Å². The fraction of sp³-hybridized carbons (Fsp3) is 0.571. The van der Waals surface area contributed by atoms with E-state index < -0.39 is 0 Å². The molecule has 1 fully saturated rings. The molecule has 2 atom stereocenters. The van der Waals surface area contributed by atoms with Gasteiger partial charge in [-0.3, -0.25) is 0 Å². The van der Waals surface area contributed by atoms with Crippen molar-refractivity contribution in [3.63, 3.8) is 0 Å². The maximum Gasteiger partial charge on any atom is 0.126 e. The molecule has 1 saturated carbocycles. The van der Waals surface area contributed by atoms with Gasteiger partial charge in [0, 0.05) is 24.8 Å². The zero-order chi connectivity index (χ0) is 12.4. The van der Waals surface area contributed by atoms with Crippen LogP contribution in [0.15, 0.2) is 18.2 Å². The van der Waals surface area contributed by atoms with Crippen LogP contribution in [0.2, 0.25) is 0 Å². The third kappa shape index (κ3) is 2.60. The monoisotopic (exact) mass is 236 g/mol. The van der Waals surface area contributed by atoms with Crippen molar-refractivity contribution in [2.45, 2.75) is 44.7 Å². The summed E-state index contributed by atoms with van der Waals surface area (Å²) < 4.78 is 13.2. The van der Waals surface area contributed by atoms with Crippen molar-refractivity contribution in [3.8, 4) is 0 Å². The van der Waals surface area contributed by atoms with Crippen LogP contribution in [0.5, 0.6) is 0 Å². The van der Waals surface area contributed by atoms with Gasteiger partial charge in [0.2, 0.25) is 0 Å². The Kier molecular flexibility index (Phi) is 3.67. The van der Waals surface area contributed by atoms with Crippen molar-refractivity contribution < 1.29 is 4.39 Å². The number of hydrogen-bond acceptors (Lipinski definition) is 2. The Morgan fingerprint density at radius 2 is 2.00 bits per heavy atom. The van der Waals surface area contributed by atoms with Crippen LogP contribution in [0.4, 0.5) is 10.1 Å². The highest BCUT2D eigenvalue weighted by Crippen LogP contribution is 2.26. The minimum Gasteiger partial charge on any atom is -0.370 e. The lowest BCUT2D eigenvalue weighted by atomic mass is 9.90. The Hall–Kier alpha value is -1.09. The number of likely N-dealkylation sites (N-methyl/N-ethyl adjacent to an activating group) is 1. The van der Waals surface area contributed by atoms with Crippen LogP contribution in [-0.2, 0) is 0 Å². The second-order valence-corrected chi connectivity index (χ2v) is 5.06. The lowest BCUT2D eigenvalue weighted by Crippen LogP contribution is -2.48. The molecule has 2 unspecified atom stereocenters. The van der Waals surface area contributed by atoms with Crippen LogP contribution >= 0.6 is 0 Å². The lowest BCUT2D eigenvalue weighted by molar-refractivity contribution is 0.373. The molecule has 2 N–H and O–H groups in total. The molecule has 2 nitrogen and oxygen atoms in total. The first kappa shape index (κ1) is 12.4. The molecule has 0 aromatic heterocycles. The van der Waals surface area contributed by atoms with E-state index in [2.05, 4.69) is 11.9 Å². The number of hydrogen-bond donors (Lipinski definition) is 1. The summed E-state index contributed by atoms with van der Waals surface area (Å²) in [6, 6.07) is 5.89. The molecule has 1 aromatic carbocycles. The molecule has 94 valence electrons. The minimum absolute atomic E-state index is 0.143. The fourth-order valence-electron chi connectivity index (χ4n) is 2.66. The molecular weight excluding hydrogens is 215 g/mol. The Bertz CT molecular complexity index is 392. The number of nitrogens with two attached hydrogens (primary N) is 1. The summed E-state index contributed by atoms with van der Waals surface area (Å²) in [6.07, 6.45) is 4.69. The van der Waals surface area contributed by atoms with Gasteiger partial charge in [-0.2, -0.15) is 0 Å². The average molecular weight is 236 g/mol. The second-order valence-electron chi connectivity index (χ2n) is 5.06. The molecule has 0 saturated heterocycles. The van der Waals surface area contributed by atoms with Gasteiger partial charge in [-0.05, 0) is 43.5 Å². The predicted molar refractivity (Wildman–Crippen MR) is 69.8 cm³/mol.